The summed E-state index contributed by atoms with van der Waals surface area (Å²) in [6.07, 6.45) is 0.663. The van der Waals surface area contributed by atoms with Crippen LogP contribution in [-0.4, -0.2) is 16.8 Å². The number of nitrogens with one attached hydrogen (secondary N) is 1. The molecular formula is C14H17ClFN3. The van der Waals surface area contributed by atoms with E-state index >= 15 is 0 Å². The first kappa shape index (κ1) is 14.0. The van der Waals surface area contributed by atoms with Gasteiger partial charge in [-0.15, -0.1) is 0 Å². The standard InChI is InChI=1S/C14H17ClFN3/c1-9-14(15)13(19(3)18-9)8-12(17-2)10-5-4-6-11(16)7-10/h4-7,12,17H,8H2,1-3H3. The van der Waals surface area contributed by atoms with Crippen LogP contribution < -0.4 is 5.32 Å². The summed E-state index contributed by atoms with van der Waals surface area (Å²) in [5.41, 5.74) is 2.66. The molecule has 1 heterocycles. The van der Waals surface area contributed by atoms with Crippen molar-refractivity contribution in [1.82, 2.24) is 15.1 Å². The summed E-state index contributed by atoms with van der Waals surface area (Å²) in [5.74, 6) is -0.231. The van der Waals surface area contributed by atoms with Crippen LogP contribution in [0.1, 0.15) is 23.0 Å². The summed E-state index contributed by atoms with van der Waals surface area (Å²) in [5, 5.41) is 8.16. The highest BCUT2D eigenvalue weighted by atomic mass is 35.5. The Balaban J connectivity index is 2.29. The van der Waals surface area contributed by atoms with Gasteiger partial charge < -0.3 is 5.32 Å². The predicted molar refractivity (Wildman–Crippen MR) is 74.9 cm³/mol. The Morgan fingerprint density at radius 3 is 2.74 bits per heavy atom. The minimum absolute atomic E-state index is 0.00278. The van der Waals surface area contributed by atoms with E-state index in [1.54, 1.807) is 10.7 Å². The van der Waals surface area contributed by atoms with Crippen molar-refractivity contribution in [3.05, 3.63) is 52.1 Å². The van der Waals surface area contributed by atoms with Gasteiger partial charge in [-0.1, -0.05) is 23.7 Å². The average Bonchev–Trinajstić information content (AvgIpc) is 2.61. The topological polar surface area (TPSA) is 29.9 Å². The Hall–Kier alpha value is -1.39. The summed E-state index contributed by atoms with van der Waals surface area (Å²) in [6, 6.07) is 6.60. The molecule has 0 radical (unpaired) electrons. The Labute approximate surface area is 117 Å². The number of hydrogen-bond acceptors (Lipinski definition) is 2. The van der Waals surface area contributed by atoms with Crippen molar-refractivity contribution in [3.8, 4) is 0 Å². The zero-order valence-corrected chi connectivity index (χ0v) is 12.0. The van der Waals surface area contributed by atoms with E-state index in [4.69, 9.17) is 11.6 Å². The van der Waals surface area contributed by atoms with Crippen LogP contribution in [0.25, 0.3) is 0 Å². The molecule has 1 N–H and O–H groups in total. The third-order valence-electron chi connectivity index (χ3n) is 3.26. The number of halogens is 2. The fourth-order valence-electron chi connectivity index (χ4n) is 2.21. The molecule has 1 unspecified atom stereocenters. The molecule has 2 aromatic rings. The van der Waals surface area contributed by atoms with Crippen molar-refractivity contribution in [1.29, 1.82) is 0 Å². The van der Waals surface area contributed by atoms with E-state index in [-0.39, 0.29) is 11.9 Å². The zero-order valence-electron chi connectivity index (χ0n) is 11.2. The van der Waals surface area contributed by atoms with E-state index in [2.05, 4.69) is 10.4 Å². The van der Waals surface area contributed by atoms with Gasteiger partial charge in [0.1, 0.15) is 5.82 Å². The normalized spacial score (nSPS) is 12.7. The van der Waals surface area contributed by atoms with Gasteiger partial charge in [0, 0.05) is 19.5 Å². The van der Waals surface area contributed by atoms with Crippen LogP contribution in [0.15, 0.2) is 24.3 Å². The van der Waals surface area contributed by atoms with E-state index in [0.29, 0.717) is 11.4 Å². The first-order chi connectivity index (χ1) is 9.02. The number of hydrogen-bond donors (Lipinski definition) is 1. The molecule has 0 saturated heterocycles. The molecule has 0 aliphatic heterocycles. The number of rotatable bonds is 4. The summed E-state index contributed by atoms with van der Waals surface area (Å²) in [7, 11) is 3.72. The van der Waals surface area contributed by atoms with Gasteiger partial charge in [0.2, 0.25) is 0 Å². The van der Waals surface area contributed by atoms with E-state index in [1.807, 2.05) is 27.1 Å². The van der Waals surface area contributed by atoms with Gasteiger partial charge in [-0.05, 0) is 31.7 Å². The molecule has 1 aromatic heterocycles. The van der Waals surface area contributed by atoms with Crippen LogP contribution in [0.4, 0.5) is 4.39 Å². The highest BCUT2D eigenvalue weighted by Crippen LogP contribution is 2.25. The van der Waals surface area contributed by atoms with Crippen LogP contribution >= 0.6 is 11.6 Å². The maximum absolute atomic E-state index is 13.3. The molecule has 0 aliphatic carbocycles. The van der Waals surface area contributed by atoms with Crippen LogP contribution in [0.5, 0.6) is 0 Å². The van der Waals surface area contributed by atoms with Crippen LogP contribution in [-0.2, 0) is 13.5 Å². The lowest BCUT2D eigenvalue weighted by Gasteiger charge is -2.17. The Kier molecular flexibility index (Phi) is 4.22. The number of aryl methyl sites for hydroxylation is 2. The third-order valence-corrected chi connectivity index (χ3v) is 3.75. The van der Waals surface area contributed by atoms with E-state index in [1.165, 1.54) is 12.1 Å². The number of likely N-dealkylation sites (N-methyl/N-ethyl adjacent to an activating group) is 1. The second-order valence-electron chi connectivity index (χ2n) is 4.57. The average molecular weight is 282 g/mol. The Morgan fingerprint density at radius 2 is 2.21 bits per heavy atom. The molecule has 3 nitrogen and oxygen atoms in total. The molecule has 0 aliphatic rings. The molecular weight excluding hydrogens is 265 g/mol. The quantitative estimate of drug-likeness (QED) is 0.934. The van der Waals surface area contributed by atoms with Gasteiger partial charge >= 0.3 is 0 Å². The summed E-state index contributed by atoms with van der Waals surface area (Å²) in [4.78, 5) is 0. The highest BCUT2D eigenvalue weighted by Gasteiger charge is 2.17. The molecule has 19 heavy (non-hydrogen) atoms. The second-order valence-corrected chi connectivity index (χ2v) is 4.95. The third kappa shape index (κ3) is 2.96. The van der Waals surface area contributed by atoms with Crippen molar-refractivity contribution < 1.29 is 4.39 Å². The SMILES string of the molecule is CNC(Cc1c(Cl)c(C)nn1C)c1cccc(F)c1. The van der Waals surface area contributed by atoms with Gasteiger partial charge in [-0.2, -0.15) is 5.10 Å². The Morgan fingerprint density at radius 1 is 1.47 bits per heavy atom. The lowest BCUT2D eigenvalue weighted by Crippen LogP contribution is -2.20. The molecule has 1 atom stereocenters. The van der Waals surface area contributed by atoms with Crippen molar-refractivity contribution >= 4 is 11.6 Å². The van der Waals surface area contributed by atoms with Gasteiger partial charge in [0.15, 0.2) is 0 Å². The molecule has 5 heteroatoms. The minimum Gasteiger partial charge on any atom is -0.313 e. The van der Waals surface area contributed by atoms with Crippen molar-refractivity contribution in [2.45, 2.75) is 19.4 Å². The lowest BCUT2D eigenvalue weighted by atomic mass is 10.0. The maximum Gasteiger partial charge on any atom is 0.123 e. The van der Waals surface area contributed by atoms with Gasteiger partial charge in [-0.3, -0.25) is 4.68 Å². The molecule has 0 fully saturated rings. The van der Waals surface area contributed by atoms with Crippen LogP contribution in [0, 0.1) is 12.7 Å². The van der Waals surface area contributed by atoms with Crippen molar-refractivity contribution in [2.24, 2.45) is 7.05 Å². The summed E-state index contributed by atoms with van der Waals surface area (Å²) in [6.45, 7) is 1.88. The van der Waals surface area contributed by atoms with Gasteiger partial charge in [-0.25, -0.2) is 4.39 Å². The number of nitrogens with zero attached hydrogens (tertiary/aromatic N) is 2. The van der Waals surface area contributed by atoms with Crippen LogP contribution in [0.3, 0.4) is 0 Å². The first-order valence-corrected chi connectivity index (χ1v) is 6.51. The van der Waals surface area contributed by atoms with Crippen molar-refractivity contribution in [2.75, 3.05) is 7.05 Å². The molecule has 2 rings (SSSR count). The monoisotopic (exact) mass is 281 g/mol. The summed E-state index contributed by atoms with van der Waals surface area (Å²) >= 11 is 6.25. The fraction of sp³-hybridized carbons (Fsp3) is 0.357. The Bertz CT molecular complexity index is 580. The second kappa shape index (κ2) is 5.72. The first-order valence-electron chi connectivity index (χ1n) is 6.13. The van der Waals surface area contributed by atoms with Crippen LogP contribution in [0.2, 0.25) is 5.02 Å². The summed E-state index contributed by atoms with van der Waals surface area (Å²) < 4.78 is 15.1. The fourth-order valence-corrected chi connectivity index (χ4v) is 2.44. The van der Waals surface area contributed by atoms with E-state index < -0.39 is 0 Å². The van der Waals surface area contributed by atoms with E-state index in [0.717, 1.165) is 17.0 Å². The molecule has 0 bridgehead atoms. The molecule has 0 saturated carbocycles. The largest absolute Gasteiger partial charge is 0.313 e. The van der Waals surface area contributed by atoms with E-state index in [9.17, 15) is 4.39 Å². The maximum atomic E-state index is 13.3. The number of benzene rings is 1. The molecule has 102 valence electrons. The molecule has 0 amide bonds. The zero-order chi connectivity index (χ0) is 14.0. The predicted octanol–water partition coefficient (Wildman–Crippen LogP) is 3.02. The number of aromatic nitrogens is 2. The van der Waals surface area contributed by atoms with Gasteiger partial charge in [0.25, 0.3) is 0 Å². The van der Waals surface area contributed by atoms with Gasteiger partial charge in [0.05, 0.1) is 16.4 Å². The highest BCUT2D eigenvalue weighted by molar-refractivity contribution is 6.31. The molecule has 1 aromatic carbocycles. The lowest BCUT2D eigenvalue weighted by molar-refractivity contribution is 0.554. The molecule has 0 spiro atoms. The minimum atomic E-state index is -0.231. The van der Waals surface area contributed by atoms with Crippen molar-refractivity contribution in [3.63, 3.8) is 0 Å². The smallest absolute Gasteiger partial charge is 0.123 e.